The van der Waals surface area contributed by atoms with Gasteiger partial charge < -0.3 is 15.2 Å². The van der Waals surface area contributed by atoms with E-state index in [4.69, 9.17) is 15.2 Å². The fourth-order valence-electron chi connectivity index (χ4n) is 1.72. The van der Waals surface area contributed by atoms with Gasteiger partial charge in [0.2, 0.25) is 0 Å². The monoisotopic (exact) mass is 289 g/mol. The highest BCUT2D eigenvalue weighted by atomic mass is 32.2. The standard InChI is InChI=1S/C16H19NO2S/c1-20-16-8-6-14(7-9-16)18-10-3-11-19-15-5-2-4-13(17)12-15/h2,4-9,12H,3,10-11,17H2,1H3. The maximum atomic E-state index is 5.68. The van der Waals surface area contributed by atoms with Crippen LogP contribution in [0.5, 0.6) is 11.5 Å². The molecule has 0 aliphatic carbocycles. The molecule has 0 unspecified atom stereocenters. The van der Waals surface area contributed by atoms with Gasteiger partial charge in [-0.2, -0.15) is 0 Å². The highest BCUT2D eigenvalue weighted by molar-refractivity contribution is 7.98. The van der Waals surface area contributed by atoms with Crippen LogP contribution in [0.3, 0.4) is 0 Å². The third kappa shape index (κ3) is 4.70. The van der Waals surface area contributed by atoms with Gasteiger partial charge in [-0.15, -0.1) is 11.8 Å². The molecule has 4 heteroatoms. The molecule has 0 bridgehead atoms. The molecule has 0 amide bonds. The lowest BCUT2D eigenvalue weighted by Crippen LogP contribution is -2.05. The molecule has 0 atom stereocenters. The number of nitrogen functional groups attached to an aromatic ring is 1. The van der Waals surface area contributed by atoms with Crippen molar-refractivity contribution in [3.8, 4) is 11.5 Å². The number of benzene rings is 2. The fourth-order valence-corrected chi connectivity index (χ4v) is 2.12. The quantitative estimate of drug-likeness (QED) is 0.478. The Morgan fingerprint density at radius 1 is 0.950 bits per heavy atom. The van der Waals surface area contributed by atoms with Gasteiger partial charge in [0.1, 0.15) is 11.5 Å². The molecule has 0 aliphatic heterocycles. The molecule has 2 aromatic carbocycles. The fraction of sp³-hybridized carbons (Fsp3) is 0.250. The smallest absolute Gasteiger partial charge is 0.121 e. The van der Waals surface area contributed by atoms with Crippen molar-refractivity contribution < 1.29 is 9.47 Å². The zero-order valence-corrected chi connectivity index (χ0v) is 12.4. The first kappa shape index (κ1) is 14.6. The van der Waals surface area contributed by atoms with Crippen LogP contribution in [0.15, 0.2) is 53.4 Å². The van der Waals surface area contributed by atoms with Gasteiger partial charge in [0.05, 0.1) is 13.2 Å². The number of nitrogens with two attached hydrogens (primary N) is 1. The topological polar surface area (TPSA) is 44.5 Å². The Morgan fingerprint density at radius 2 is 1.65 bits per heavy atom. The molecule has 2 aromatic rings. The number of hydrogen-bond donors (Lipinski definition) is 1. The van der Waals surface area contributed by atoms with Crippen LogP contribution in [0.2, 0.25) is 0 Å². The third-order valence-electron chi connectivity index (χ3n) is 2.74. The highest BCUT2D eigenvalue weighted by Gasteiger charge is 1.97. The number of ether oxygens (including phenoxy) is 2. The van der Waals surface area contributed by atoms with Crippen LogP contribution in [0.25, 0.3) is 0 Å². The lowest BCUT2D eigenvalue weighted by molar-refractivity contribution is 0.247. The van der Waals surface area contributed by atoms with E-state index in [1.807, 2.05) is 36.4 Å². The molecule has 0 radical (unpaired) electrons. The zero-order valence-electron chi connectivity index (χ0n) is 11.5. The summed E-state index contributed by atoms with van der Waals surface area (Å²) < 4.78 is 11.3. The van der Waals surface area contributed by atoms with E-state index in [1.165, 1.54) is 4.90 Å². The molecule has 0 heterocycles. The van der Waals surface area contributed by atoms with Crippen LogP contribution < -0.4 is 15.2 Å². The largest absolute Gasteiger partial charge is 0.493 e. The van der Waals surface area contributed by atoms with E-state index < -0.39 is 0 Å². The van der Waals surface area contributed by atoms with Crippen LogP contribution in [-0.2, 0) is 0 Å². The summed E-state index contributed by atoms with van der Waals surface area (Å²) in [6.07, 6.45) is 2.89. The SMILES string of the molecule is CSc1ccc(OCCCOc2cccc(N)c2)cc1. The van der Waals surface area contributed by atoms with Gasteiger partial charge in [-0.05, 0) is 42.7 Å². The molecule has 20 heavy (non-hydrogen) atoms. The summed E-state index contributed by atoms with van der Waals surface area (Å²) in [5.41, 5.74) is 6.40. The van der Waals surface area contributed by atoms with Crippen molar-refractivity contribution in [2.24, 2.45) is 0 Å². The maximum absolute atomic E-state index is 5.68. The lowest BCUT2D eigenvalue weighted by atomic mass is 10.3. The van der Waals surface area contributed by atoms with E-state index in [1.54, 1.807) is 11.8 Å². The summed E-state index contributed by atoms with van der Waals surface area (Å²) in [6.45, 7) is 1.26. The molecule has 0 spiro atoms. The average Bonchev–Trinajstić information content (AvgIpc) is 2.48. The van der Waals surface area contributed by atoms with Gasteiger partial charge >= 0.3 is 0 Å². The van der Waals surface area contributed by atoms with E-state index in [0.29, 0.717) is 18.9 Å². The van der Waals surface area contributed by atoms with Crippen molar-refractivity contribution in [1.29, 1.82) is 0 Å². The molecular formula is C16H19NO2S. The van der Waals surface area contributed by atoms with Crippen molar-refractivity contribution in [1.82, 2.24) is 0 Å². The van der Waals surface area contributed by atoms with E-state index in [9.17, 15) is 0 Å². The maximum Gasteiger partial charge on any atom is 0.121 e. The van der Waals surface area contributed by atoms with E-state index in [0.717, 1.165) is 17.9 Å². The average molecular weight is 289 g/mol. The molecule has 106 valence electrons. The molecule has 0 aliphatic rings. The van der Waals surface area contributed by atoms with E-state index in [-0.39, 0.29) is 0 Å². The number of thioether (sulfide) groups is 1. The second-order valence-corrected chi connectivity index (χ2v) is 5.18. The van der Waals surface area contributed by atoms with Gasteiger partial charge in [0.25, 0.3) is 0 Å². The summed E-state index contributed by atoms with van der Waals surface area (Å²) in [5.74, 6) is 1.70. The Bertz CT molecular complexity index is 528. The first-order valence-electron chi connectivity index (χ1n) is 6.53. The molecule has 2 rings (SSSR count). The Morgan fingerprint density at radius 3 is 2.30 bits per heavy atom. The second kappa shape index (κ2) is 7.70. The summed E-state index contributed by atoms with van der Waals surface area (Å²) in [6, 6.07) is 15.5. The van der Waals surface area contributed by atoms with Crippen molar-refractivity contribution >= 4 is 17.4 Å². The van der Waals surface area contributed by atoms with Gasteiger partial charge in [-0.3, -0.25) is 0 Å². The molecule has 2 N–H and O–H groups in total. The molecule has 3 nitrogen and oxygen atoms in total. The molecule has 0 fully saturated rings. The Kier molecular flexibility index (Phi) is 5.62. The van der Waals surface area contributed by atoms with Gasteiger partial charge in [-0.25, -0.2) is 0 Å². The van der Waals surface area contributed by atoms with Gasteiger partial charge in [0, 0.05) is 23.1 Å². The van der Waals surface area contributed by atoms with Crippen molar-refractivity contribution in [2.45, 2.75) is 11.3 Å². The van der Waals surface area contributed by atoms with Crippen LogP contribution in [-0.4, -0.2) is 19.5 Å². The van der Waals surface area contributed by atoms with Crippen molar-refractivity contribution in [2.75, 3.05) is 25.2 Å². The first-order valence-corrected chi connectivity index (χ1v) is 7.75. The molecule has 0 saturated heterocycles. The van der Waals surface area contributed by atoms with Crippen molar-refractivity contribution in [3.05, 3.63) is 48.5 Å². The van der Waals surface area contributed by atoms with Crippen LogP contribution in [0.4, 0.5) is 5.69 Å². The minimum Gasteiger partial charge on any atom is -0.493 e. The predicted octanol–water partition coefficient (Wildman–Crippen LogP) is 3.84. The number of anilines is 1. The van der Waals surface area contributed by atoms with Crippen molar-refractivity contribution in [3.63, 3.8) is 0 Å². The normalized spacial score (nSPS) is 10.2. The molecule has 0 aromatic heterocycles. The summed E-state index contributed by atoms with van der Waals surface area (Å²) in [7, 11) is 0. The summed E-state index contributed by atoms with van der Waals surface area (Å²) >= 11 is 1.72. The zero-order chi connectivity index (χ0) is 14.2. The summed E-state index contributed by atoms with van der Waals surface area (Å²) in [4.78, 5) is 1.24. The van der Waals surface area contributed by atoms with Gasteiger partial charge in [0.15, 0.2) is 0 Å². The second-order valence-electron chi connectivity index (χ2n) is 4.30. The van der Waals surface area contributed by atoms with E-state index >= 15 is 0 Å². The Labute approximate surface area is 124 Å². The Hall–Kier alpha value is -1.81. The third-order valence-corrected chi connectivity index (χ3v) is 3.49. The lowest BCUT2D eigenvalue weighted by Gasteiger charge is -2.08. The first-order chi connectivity index (χ1) is 9.78. The highest BCUT2D eigenvalue weighted by Crippen LogP contribution is 2.19. The predicted molar refractivity (Wildman–Crippen MR) is 84.7 cm³/mol. The minimum absolute atomic E-state index is 0.617. The Balaban J connectivity index is 1.66. The number of hydrogen-bond acceptors (Lipinski definition) is 4. The van der Waals surface area contributed by atoms with Crippen LogP contribution in [0.1, 0.15) is 6.42 Å². The van der Waals surface area contributed by atoms with Gasteiger partial charge in [-0.1, -0.05) is 6.07 Å². The molecule has 0 saturated carbocycles. The molecular weight excluding hydrogens is 270 g/mol. The number of rotatable bonds is 7. The van der Waals surface area contributed by atoms with Crippen LogP contribution in [0, 0.1) is 0 Å². The minimum atomic E-state index is 0.617. The van der Waals surface area contributed by atoms with Crippen LogP contribution >= 0.6 is 11.8 Å². The van der Waals surface area contributed by atoms with E-state index in [2.05, 4.69) is 18.4 Å². The summed E-state index contributed by atoms with van der Waals surface area (Å²) in [5, 5.41) is 0.